The van der Waals surface area contributed by atoms with Gasteiger partial charge < -0.3 is 20.1 Å². The van der Waals surface area contributed by atoms with Crippen LogP contribution in [0.2, 0.25) is 0 Å². The molecule has 0 radical (unpaired) electrons. The van der Waals surface area contributed by atoms with E-state index < -0.39 is 27.9 Å². The normalized spacial score (nSPS) is 12.8. The van der Waals surface area contributed by atoms with E-state index in [1.165, 1.54) is 19.1 Å². The van der Waals surface area contributed by atoms with Gasteiger partial charge in [0.1, 0.15) is 15.9 Å². The van der Waals surface area contributed by atoms with Crippen LogP contribution >= 0.6 is 0 Å². The maximum Gasteiger partial charge on any atom is 0.326 e. The Morgan fingerprint density at radius 1 is 1.42 bits per heavy atom. The number of carboxylic acid groups (broad SMARTS) is 1. The number of urea groups is 1. The minimum atomic E-state index is -3.27. The van der Waals surface area contributed by atoms with Gasteiger partial charge in [0, 0.05) is 27.0 Å². The number of carbonyl (C=O) groups excluding carboxylic acids is 1. The molecule has 0 bridgehead atoms. The van der Waals surface area contributed by atoms with Gasteiger partial charge in [0.15, 0.2) is 0 Å². The number of carbonyl (C=O) groups is 2. The predicted octanol–water partition coefficient (Wildman–Crippen LogP) is -0.838. The summed E-state index contributed by atoms with van der Waals surface area (Å²) in [6.45, 7) is 0.631. The Hall–Kier alpha value is -1.35. The zero-order valence-corrected chi connectivity index (χ0v) is 12.1. The summed E-state index contributed by atoms with van der Waals surface area (Å²) in [4.78, 5) is 23.8. The number of rotatable bonds is 8. The van der Waals surface area contributed by atoms with E-state index in [-0.39, 0.29) is 12.2 Å². The van der Waals surface area contributed by atoms with E-state index >= 15 is 0 Å². The summed E-state index contributed by atoms with van der Waals surface area (Å²) < 4.78 is 26.8. The van der Waals surface area contributed by atoms with Crippen molar-refractivity contribution in [2.24, 2.45) is 0 Å². The lowest BCUT2D eigenvalue weighted by Gasteiger charge is -2.20. The highest BCUT2D eigenvalue weighted by Crippen LogP contribution is 1.98. The number of nitrogens with zero attached hydrogens (tertiary/aromatic N) is 1. The minimum Gasteiger partial charge on any atom is -0.480 e. The molecule has 0 aliphatic heterocycles. The van der Waals surface area contributed by atoms with Crippen molar-refractivity contribution in [1.29, 1.82) is 0 Å². The van der Waals surface area contributed by atoms with E-state index in [0.29, 0.717) is 13.2 Å². The number of sulfone groups is 1. The van der Waals surface area contributed by atoms with Gasteiger partial charge in [-0.1, -0.05) is 0 Å². The van der Waals surface area contributed by atoms with Crippen LogP contribution in [0.4, 0.5) is 4.79 Å². The van der Waals surface area contributed by atoms with E-state index in [0.717, 1.165) is 6.26 Å². The number of likely N-dealkylation sites (N-methyl/N-ethyl adjacent to an activating group) is 1. The van der Waals surface area contributed by atoms with Crippen LogP contribution in [0.5, 0.6) is 0 Å². The summed E-state index contributed by atoms with van der Waals surface area (Å²) in [6, 6.07) is -1.81. The zero-order chi connectivity index (χ0) is 15.1. The van der Waals surface area contributed by atoms with Gasteiger partial charge in [-0.15, -0.1) is 0 Å². The average Bonchev–Trinajstić information content (AvgIpc) is 2.29. The lowest BCUT2D eigenvalue weighted by atomic mass is 10.2. The Labute approximate surface area is 112 Å². The van der Waals surface area contributed by atoms with E-state index in [2.05, 4.69) is 5.32 Å². The molecule has 0 saturated heterocycles. The first-order chi connectivity index (χ1) is 8.67. The molecule has 0 aromatic rings. The Bertz CT molecular complexity index is 408. The van der Waals surface area contributed by atoms with E-state index in [1.54, 1.807) is 0 Å². The molecule has 0 saturated carbocycles. The lowest BCUT2D eigenvalue weighted by Crippen LogP contribution is -2.48. The van der Waals surface area contributed by atoms with Gasteiger partial charge in [-0.25, -0.2) is 18.0 Å². The molecular formula is C10H20N2O6S. The SMILES string of the molecule is COCCN(C)C(=O)NC(CCS(C)(=O)=O)C(=O)O. The summed E-state index contributed by atoms with van der Waals surface area (Å²) in [7, 11) is -0.297. The van der Waals surface area contributed by atoms with Crippen LogP contribution in [-0.2, 0) is 19.4 Å². The largest absolute Gasteiger partial charge is 0.480 e. The molecule has 2 amide bonds. The molecule has 112 valence electrons. The van der Waals surface area contributed by atoms with Crippen LogP contribution in [0.3, 0.4) is 0 Å². The standard InChI is InChI=1S/C10H20N2O6S/c1-12(5-6-18-2)10(15)11-8(9(13)14)4-7-19(3,16)17/h8H,4-7H2,1-3H3,(H,11,15)(H,13,14). The summed E-state index contributed by atoms with van der Waals surface area (Å²) in [5, 5.41) is 11.2. The third-order valence-electron chi connectivity index (χ3n) is 2.35. The fourth-order valence-corrected chi connectivity index (χ4v) is 1.84. The summed E-state index contributed by atoms with van der Waals surface area (Å²) in [5.41, 5.74) is 0. The van der Waals surface area contributed by atoms with Crippen molar-refractivity contribution < 1.29 is 27.9 Å². The third kappa shape index (κ3) is 8.38. The molecule has 0 aromatic heterocycles. The van der Waals surface area contributed by atoms with Crippen LogP contribution in [0.25, 0.3) is 0 Å². The van der Waals surface area contributed by atoms with Crippen molar-refractivity contribution in [2.75, 3.05) is 39.3 Å². The van der Waals surface area contributed by atoms with E-state index in [9.17, 15) is 18.0 Å². The highest BCUT2D eigenvalue weighted by atomic mass is 32.2. The Morgan fingerprint density at radius 2 is 2.00 bits per heavy atom. The maximum absolute atomic E-state index is 11.6. The fourth-order valence-electron chi connectivity index (χ4n) is 1.18. The summed E-state index contributed by atoms with van der Waals surface area (Å²) in [6.07, 6.45) is 0.844. The van der Waals surface area contributed by atoms with Gasteiger partial charge in [0.25, 0.3) is 0 Å². The Kier molecular flexibility index (Phi) is 7.38. The second-order valence-corrected chi connectivity index (χ2v) is 6.43. The number of ether oxygens (including phenoxy) is 1. The highest BCUT2D eigenvalue weighted by Gasteiger charge is 2.22. The molecule has 0 spiro atoms. The molecule has 0 rings (SSSR count). The van der Waals surface area contributed by atoms with Gasteiger partial charge >= 0.3 is 12.0 Å². The number of hydrogen-bond acceptors (Lipinski definition) is 5. The van der Waals surface area contributed by atoms with Gasteiger partial charge in [-0.3, -0.25) is 0 Å². The molecular weight excluding hydrogens is 276 g/mol. The van der Waals surface area contributed by atoms with Crippen molar-refractivity contribution in [2.45, 2.75) is 12.5 Å². The van der Waals surface area contributed by atoms with Crippen molar-refractivity contribution in [3.63, 3.8) is 0 Å². The molecule has 2 N–H and O–H groups in total. The average molecular weight is 296 g/mol. The monoisotopic (exact) mass is 296 g/mol. The third-order valence-corrected chi connectivity index (χ3v) is 3.33. The molecule has 9 heteroatoms. The second kappa shape index (κ2) is 7.95. The number of nitrogens with one attached hydrogen (secondary N) is 1. The van der Waals surface area contributed by atoms with E-state index in [1.807, 2.05) is 0 Å². The van der Waals surface area contributed by atoms with Crippen molar-refractivity contribution in [3.8, 4) is 0 Å². The van der Waals surface area contributed by atoms with Gasteiger partial charge in [-0.2, -0.15) is 0 Å². The molecule has 0 heterocycles. The second-order valence-electron chi connectivity index (χ2n) is 4.17. The number of amides is 2. The molecule has 1 atom stereocenters. The molecule has 0 aliphatic carbocycles. The van der Waals surface area contributed by atoms with Crippen LogP contribution in [-0.4, -0.2) is 75.8 Å². The summed E-state index contributed by atoms with van der Waals surface area (Å²) in [5.74, 6) is -1.57. The lowest BCUT2D eigenvalue weighted by molar-refractivity contribution is -0.139. The first kappa shape index (κ1) is 17.6. The van der Waals surface area contributed by atoms with E-state index in [4.69, 9.17) is 9.84 Å². The molecule has 1 unspecified atom stereocenters. The Balaban J connectivity index is 4.42. The summed E-state index contributed by atoms with van der Waals surface area (Å²) >= 11 is 0. The van der Waals surface area contributed by atoms with Crippen LogP contribution in [0.15, 0.2) is 0 Å². The topological polar surface area (TPSA) is 113 Å². The van der Waals surface area contributed by atoms with Crippen LogP contribution in [0, 0.1) is 0 Å². The van der Waals surface area contributed by atoms with Gasteiger partial charge in [0.2, 0.25) is 0 Å². The van der Waals surface area contributed by atoms with Gasteiger partial charge in [-0.05, 0) is 6.42 Å². The maximum atomic E-state index is 11.6. The highest BCUT2D eigenvalue weighted by molar-refractivity contribution is 7.90. The number of carboxylic acids is 1. The van der Waals surface area contributed by atoms with Crippen LogP contribution < -0.4 is 5.32 Å². The number of methoxy groups -OCH3 is 1. The molecule has 8 nitrogen and oxygen atoms in total. The first-order valence-electron chi connectivity index (χ1n) is 5.58. The number of hydrogen-bond donors (Lipinski definition) is 2. The Morgan fingerprint density at radius 3 is 2.42 bits per heavy atom. The molecule has 0 aromatic carbocycles. The van der Waals surface area contributed by atoms with Crippen molar-refractivity contribution in [3.05, 3.63) is 0 Å². The zero-order valence-electron chi connectivity index (χ0n) is 11.2. The molecule has 0 aliphatic rings. The van der Waals surface area contributed by atoms with Gasteiger partial charge in [0.05, 0.1) is 12.4 Å². The number of aliphatic carboxylic acids is 1. The first-order valence-corrected chi connectivity index (χ1v) is 7.64. The van der Waals surface area contributed by atoms with Crippen molar-refractivity contribution >= 4 is 21.8 Å². The smallest absolute Gasteiger partial charge is 0.326 e. The minimum absolute atomic E-state index is 0.169. The molecule has 0 fully saturated rings. The van der Waals surface area contributed by atoms with Crippen LogP contribution in [0.1, 0.15) is 6.42 Å². The molecule has 19 heavy (non-hydrogen) atoms. The predicted molar refractivity (Wildman–Crippen MR) is 68.8 cm³/mol. The van der Waals surface area contributed by atoms with Crippen molar-refractivity contribution in [1.82, 2.24) is 10.2 Å². The quantitative estimate of drug-likeness (QED) is 0.604. The fraction of sp³-hybridized carbons (Fsp3) is 0.800.